The van der Waals surface area contributed by atoms with Crippen LogP contribution in [0.3, 0.4) is 0 Å². The first-order valence-electron chi connectivity index (χ1n) is 9.23. The Morgan fingerprint density at radius 2 is 1.93 bits per heavy atom. The topological polar surface area (TPSA) is 84.9 Å². The van der Waals surface area contributed by atoms with Gasteiger partial charge in [0.2, 0.25) is 10.0 Å². The summed E-state index contributed by atoms with van der Waals surface area (Å²) >= 11 is 0. The maximum absolute atomic E-state index is 12.8. The molecule has 0 radical (unpaired) electrons. The van der Waals surface area contributed by atoms with E-state index in [1.807, 2.05) is 32.9 Å². The third-order valence-electron chi connectivity index (χ3n) is 4.72. The molecule has 156 valence electrons. The SMILES string of the molecule is COc1cccc(NC(=O)[C@H]2CN(S(C)(=O)=O)c3cc(C(C)(C)C)ccc3O2)c1. The molecular weight excluding hydrogens is 392 g/mol. The van der Waals surface area contributed by atoms with Gasteiger partial charge in [-0.1, -0.05) is 32.9 Å². The third kappa shape index (κ3) is 4.64. The normalized spacial score (nSPS) is 16.6. The third-order valence-corrected chi connectivity index (χ3v) is 5.87. The molecule has 2 aromatic rings. The van der Waals surface area contributed by atoms with Gasteiger partial charge in [-0.2, -0.15) is 0 Å². The van der Waals surface area contributed by atoms with Crippen LogP contribution in [0.15, 0.2) is 42.5 Å². The zero-order chi connectivity index (χ0) is 21.4. The highest BCUT2D eigenvalue weighted by molar-refractivity contribution is 7.92. The van der Waals surface area contributed by atoms with Crippen LogP contribution in [0.5, 0.6) is 11.5 Å². The second-order valence-electron chi connectivity index (χ2n) is 8.05. The Kier molecular flexibility index (Phi) is 5.49. The molecule has 0 saturated heterocycles. The molecule has 1 amide bonds. The van der Waals surface area contributed by atoms with Crippen molar-refractivity contribution in [3.8, 4) is 11.5 Å². The van der Waals surface area contributed by atoms with Crippen LogP contribution in [-0.2, 0) is 20.2 Å². The number of carbonyl (C=O) groups excluding carboxylic acids is 1. The first-order valence-corrected chi connectivity index (χ1v) is 11.1. The number of benzene rings is 2. The van der Waals surface area contributed by atoms with Gasteiger partial charge in [-0.15, -0.1) is 0 Å². The number of hydrogen-bond acceptors (Lipinski definition) is 5. The van der Waals surface area contributed by atoms with Gasteiger partial charge in [-0.3, -0.25) is 9.10 Å². The van der Waals surface area contributed by atoms with Gasteiger partial charge >= 0.3 is 0 Å². The molecule has 7 nitrogen and oxygen atoms in total. The molecular formula is C21H26N2O5S. The van der Waals surface area contributed by atoms with Gasteiger partial charge in [0, 0.05) is 11.8 Å². The van der Waals surface area contributed by atoms with Crippen molar-refractivity contribution in [1.29, 1.82) is 0 Å². The molecule has 29 heavy (non-hydrogen) atoms. The van der Waals surface area contributed by atoms with Crippen LogP contribution < -0.4 is 19.1 Å². The van der Waals surface area contributed by atoms with Crippen LogP contribution >= 0.6 is 0 Å². The number of nitrogens with zero attached hydrogens (tertiary/aromatic N) is 1. The number of sulfonamides is 1. The molecule has 1 atom stereocenters. The van der Waals surface area contributed by atoms with Crippen molar-refractivity contribution in [3.05, 3.63) is 48.0 Å². The quantitative estimate of drug-likeness (QED) is 0.824. The Bertz CT molecular complexity index is 1030. The lowest BCUT2D eigenvalue weighted by molar-refractivity contribution is -0.122. The molecule has 0 bridgehead atoms. The molecule has 0 saturated carbocycles. The zero-order valence-corrected chi connectivity index (χ0v) is 18.0. The molecule has 3 rings (SSSR count). The smallest absolute Gasteiger partial charge is 0.267 e. The van der Waals surface area contributed by atoms with Gasteiger partial charge in [-0.05, 0) is 35.2 Å². The Morgan fingerprint density at radius 3 is 2.55 bits per heavy atom. The average Bonchev–Trinajstić information content (AvgIpc) is 2.65. The Balaban J connectivity index is 1.91. The first-order chi connectivity index (χ1) is 13.5. The fourth-order valence-electron chi connectivity index (χ4n) is 3.09. The molecule has 1 aliphatic heterocycles. The lowest BCUT2D eigenvalue weighted by Crippen LogP contribution is -2.48. The highest BCUT2D eigenvalue weighted by Crippen LogP contribution is 2.38. The van der Waals surface area contributed by atoms with Crippen molar-refractivity contribution in [1.82, 2.24) is 0 Å². The zero-order valence-electron chi connectivity index (χ0n) is 17.2. The number of nitrogens with one attached hydrogen (secondary N) is 1. The second-order valence-corrected chi connectivity index (χ2v) is 9.96. The van der Waals surface area contributed by atoms with Crippen LogP contribution in [0, 0.1) is 0 Å². The van der Waals surface area contributed by atoms with E-state index in [4.69, 9.17) is 9.47 Å². The Morgan fingerprint density at radius 1 is 1.21 bits per heavy atom. The number of hydrogen-bond donors (Lipinski definition) is 1. The maximum atomic E-state index is 12.8. The van der Waals surface area contributed by atoms with E-state index >= 15 is 0 Å². The first kappa shape index (κ1) is 21.0. The van der Waals surface area contributed by atoms with E-state index < -0.39 is 22.0 Å². The highest BCUT2D eigenvalue weighted by atomic mass is 32.2. The monoisotopic (exact) mass is 418 g/mol. The summed E-state index contributed by atoms with van der Waals surface area (Å²) in [7, 11) is -2.06. The van der Waals surface area contributed by atoms with Crippen molar-refractivity contribution in [2.75, 3.05) is 29.5 Å². The summed E-state index contributed by atoms with van der Waals surface area (Å²) in [6, 6.07) is 12.3. The van der Waals surface area contributed by atoms with E-state index in [0.717, 1.165) is 11.8 Å². The molecule has 0 unspecified atom stereocenters. The van der Waals surface area contributed by atoms with Crippen LogP contribution in [-0.4, -0.2) is 40.3 Å². The second kappa shape index (κ2) is 7.59. The van der Waals surface area contributed by atoms with E-state index in [2.05, 4.69) is 5.32 Å². The Hall–Kier alpha value is -2.74. The summed E-state index contributed by atoms with van der Waals surface area (Å²) in [6.45, 7) is 6.05. The Labute approximate surface area is 171 Å². The largest absolute Gasteiger partial charge is 0.497 e. The van der Waals surface area contributed by atoms with Crippen molar-refractivity contribution >= 4 is 27.3 Å². The van der Waals surface area contributed by atoms with Crippen LogP contribution in [0.25, 0.3) is 0 Å². The van der Waals surface area contributed by atoms with Gasteiger partial charge < -0.3 is 14.8 Å². The minimum Gasteiger partial charge on any atom is -0.497 e. The summed E-state index contributed by atoms with van der Waals surface area (Å²) in [4.78, 5) is 12.8. The summed E-state index contributed by atoms with van der Waals surface area (Å²) in [5.41, 5.74) is 1.81. The van der Waals surface area contributed by atoms with Crippen LogP contribution in [0.2, 0.25) is 0 Å². The summed E-state index contributed by atoms with van der Waals surface area (Å²) in [6.07, 6.45) is 0.145. The predicted octanol–water partition coefficient (Wildman–Crippen LogP) is 3.16. The molecule has 8 heteroatoms. The van der Waals surface area contributed by atoms with Crippen molar-refractivity contribution in [2.45, 2.75) is 32.3 Å². The van der Waals surface area contributed by atoms with E-state index in [-0.39, 0.29) is 12.0 Å². The van der Waals surface area contributed by atoms with E-state index in [0.29, 0.717) is 22.9 Å². The minimum absolute atomic E-state index is 0.102. The molecule has 0 fully saturated rings. The van der Waals surface area contributed by atoms with E-state index in [1.165, 1.54) is 11.4 Å². The molecule has 1 aliphatic rings. The summed E-state index contributed by atoms with van der Waals surface area (Å²) < 4.78 is 37.1. The standard InChI is InChI=1S/C21H26N2O5S/c1-21(2,3)14-9-10-18-17(11-14)23(29(5,25)26)13-19(28-18)20(24)22-15-7-6-8-16(12-15)27-4/h6-12,19H,13H2,1-5H3,(H,22,24)/t19-/m1/s1. The molecule has 1 N–H and O–H groups in total. The predicted molar refractivity (Wildman–Crippen MR) is 113 cm³/mol. The molecule has 1 heterocycles. The van der Waals surface area contributed by atoms with Gasteiger partial charge in [0.1, 0.15) is 11.5 Å². The number of amides is 1. The van der Waals surface area contributed by atoms with E-state index in [9.17, 15) is 13.2 Å². The number of ether oxygens (including phenoxy) is 2. The average molecular weight is 419 g/mol. The van der Waals surface area contributed by atoms with Crippen molar-refractivity contribution in [2.24, 2.45) is 0 Å². The van der Waals surface area contributed by atoms with Crippen molar-refractivity contribution < 1.29 is 22.7 Å². The number of carbonyl (C=O) groups is 1. The maximum Gasteiger partial charge on any atom is 0.267 e. The van der Waals surface area contributed by atoms with Gasteiger partial charge in [0.15, 0.2) is 6.10 Å². The summed E-state index contributed by atoms with van der Waals surface area (Å²) in [5, 5.41) is 2.76. The fraction of sp³-hybridized carbons (Fsp3) is 0.381. The van der Waals surface area contributed by atoms with Crippen LogP contribution in [0.4, 0.5) is 11.4 Å². The number of methoxy groups -OCH3 is 1. The summed E-state index contributed by atoms with van der Waals surface area (Å²) in [5.74, 6) is 0.531. The van der Waals surface area contributed by atoms with Gasteiger partial charge in [0.25, 0.3) is 5.91 Å². The molecule has 0 spiro atoms. The van der Waals surface area contributed by atoms with Gasteiger partial charge in [0.05, 0.1) is 25.6 Å². The minimum atomic E-state index is -3.60. The molecule has 2 aromatic carbocycles. The highest BCUT2D eigenvalue weighted by Gasteiger charge is 2.36. The van der Waals surface area contributed by atoms with Crippen molar-refractivity contribution in [3.63, 3.8) is 0 Å². The lowest BCUT2D eigenvalue weighted by atomic mass is 9.86. The van der Waals surface area contributed by atoms with Crippen LogP contribution in [0.1, 0.15) is 26.3 Å². The number of fused-ring (bicyclic) bond motifs is 1. The number of rotatable bonds is 4. The molecule has 0 aliphatic carbocycles. The van der Waals surface area contributed by atoms with Gasteiger partial charge in [-0.25, -0.2) is 8.42 Å². The number of anilines is 2. The van der Waals surface area contributed by atoms with E-state index in [1.54, 1.807) is 30.3 Å². The molecule has 0 aromatic heterocycles. The lowest BCUT2D eigenvalue weighted by Gasteiger charge is -2.35. The fourth-order valence-corrected chi connectivity index (χ4v) is 4.00.